The van der Waals surface area contributed by atoms with Crippen molar-refractivity contribution < 1.29 is 9.47 Å². The first-order valence-electron chi connectivity index (χ1n) is 5.58. The van der Waals surface area contributed by atoms with Crippen LogP contribution in [0.15, 0.2) is 42.7 Å². The maximum Gasteiger partial charge on any atom is 0.161 e. The van der Waals surface area contributed by atoms with Gasteiger partial charge in [-0.25, -0.2) is 0 Å². The molecule has 0 fully saturated rings. The first-order valence-corrected chi connectivity index (χ1v) is 6.70. The second-order valence-corrected chi connectivity index (χ2v) is 4.33. The number of nitrogens with zero attached hydrogens (tertiary/aromatic N) is 1. The van der Waals surface area contributed by atoms with Crippen LogP contribution in [0.4, 0.5) is 0 Å². The molecule has 0 saturated heterocycles. The molecule has 0 spiro atoms. The van der Waals surface area contributed by atoms with E-state index in [-0.39, 0.29) is 0 Å². The van der Waals surface area contributed by atoms with Crippen LogP contribution in [0.5, 0.6) is 11.5 Å². The molecule has 0 N–H and O–H groups in total. The average molecular weight is 308 g/mol. The molecule has 1 aromatic carbocycles. The molecule has 0 atom stereocenters. The van der Waals surface area contributed by atoms with E-state index in [4.69, 9.17) is 9.47 Å². The smallest absolute Gasteiger partial charge is 0.161 e. The number of rotatable bonds is 5. The molecule has 0 aliphatic carbocycles. The fourth-order valence-electron chi connectivity index (χ4n) is 1.56. The molecule has 0 saturated carbocycles. The standard InChI is InChI=1S/C14H14BrNO2/c1-17-13-5-4-11(8-15)7-14(13)18-10-12-3-2-6-16-9-12/h2-7,9H,8,10H2,1H3. The highest BCUT2D eigenvalue weighted by atomic mass is 79.9. The fraction of sp³-hybridized carbons (Fsp3) is 0.214. The molecule has 0 bridgehead atoms. The predicted octanol–water partition coefficient (Wildman–Crippen LogP) is 3.56. The van der Waals surface area contributed by atoms with Gasteiger partial charge in [-0.15, -0.1) is 0 Å². The van der Waals surface area contributed by atoms with Gasteiger partial charge in [-0.1, -0.05) is 28.1 Å². The Kier molecular flexibility index (Phi) is 4.59. The molecule has 4 heteroatoms. The molecule has 94 valence electrons. The number of methoxy groups -OCH3 is 1. The van der Waals surface area contributed by atoms with Crippen molar-refractivity contribution in [1.82, 2.24) is 4.98 Å². The predicted molar refractivity (Wildman–Crippen MR) is 74.2 cm³/mol. The van der Waals surface area contributed by atoms with Crippen molar-refractivity contribution in [3.8, 4) is 11.5 Å². The third kappa shape index (κ3) is 3.23. The zero-order valence-corrected chi connectivity index (χ0v) is 11.7. The van der Waals surface area contributed by atoms with Gasteiger partial charge in [0.1, 0.15) is 6.61 Å². The van der Waals surface area contributed by atoms with Crippen LogP contribution in [0.25, 0.3) is 0 Å². The van der Waals surface area contributed by atoms with Gasteiger partial charge in [0.25, 0.3) is 0 Å². The summed E-state index contributed by atoms with van der Waals surface area (Å²) in [6.07, 6.45) is 3.54. The molecule has 0 unspecified atom stereocenters. The number of halogens is 1. The normalized spacial score (nSPS) is 10.1. The maximum atomic E-state index is 5.77. The number of hydrogen-bond acceptors (Lipinski definition) is 3. The molecule has 1 aromatic heterocycles. The summed E-state index contributed by atoms with van der Waals surface area (Å²) in [7, 11) is 1.64. The van der Waals surface area contributed by atoms with E-state index in [9.17, 15) is 0 Å². The topological polar surface area (TPSA) is 31.4 Å². The lowest BCUT2D eigenvalue weighted by atomic mass is 10.2. The summed E-state index contributed by atoms with van der Waals surface area (Å²) in [5.41, 5.74) is 2.18. The fourth-order valence-corrected chi connectivity index (χ4v) is 1.91. The lowest BCUT2D eigenvalue weighted by Crippen LogP contribution is -1.98. The molecule has 3 nitrogen and oxygen atoms in total. The number of benzene rings is 1. The van der Waals surface area contributed by atoms with Gasteiger partial charge in [0.2, 0.25) is 0 Å². The van der Waals surface area contributed by atoms with E-state index in [1.165, 1.54) is 0 Å². The van der Waals surface area contributed by atoms with Gasteiger partial charge in [-0.2, -0.15) is 0 Å². The molecule has 18 heavy (non-hydrogen) atoms. The van der Waals surface area contributed by atoms with Crippen LogP contribution in [-0.4, -0.2) is 12.1 Å². The third-order valence-corrected chi connectivity index (χ3v) is 3.15. The van der Waals surface area contributed by atoms with Crippen molar-refractivity contribution >= 4 is 15.9 Å². The summed E-state index contributed by atoms with van der Waals surface area (Å²) in [6, 6.07) is 9.77. The first kappa shape index (κ1) is 12.9. The Morgan fingerprint density at radius 1 is 1.17 bits per heavy atom. The monoisotopic (exact) mass is 307 g/mol. The van der Waals surface area contributed by atoms with E-state index >= 15 is 0 Å². The van der Waals surface area contributed by atoms with Crippen LogP contribution >= 0.6 is 15.9 Å². The zero-order valence-electron chi connectivity index (χ0n) is 10.1. The van der Waals surface area contributed by atoms with E-state index in [1.54, 1.807) is 19.5 Å². The van der Waals surface area contributed by atoms with Crippen LogP contribution in [0.2, 0.25) is 0 Å². The minimum atomic E-state index is 0.482. The number of alkyl halides is 1. The van der Waals surface area contributed by atoms with Crippen molar-refractivity contribution in [3.63, 3.8) is 0 Å². The minimum Gasteiger partial charge on any atom is -0.493 e. The van der Waals surface area contributed by atoms with Crippen LogP contribution in [0, 0.1) is 0 Å². The van der Waals surface area contributed by atoms with Gasteiger partial charge < -0.3 is 9.47 Å². The molecular formula is C14H14BrNO2. The minimum absolute atomic E-state index is 0.482. The van der Waals surface area contributed by atoms with E-state index in [2.05, 4.69) is 20.9 Å². The highest BCUT2D eigenvalue weighted by Gasteiger charge is 2.05. The Bertz CT molecular complexity index is 502. The Labute approximate surface area is 115 Å². The van der Waals surface area contributed by atoms with Crippen molar-refractivity contribution in [1.29, 1.82) is 0 Å². The average Bonchev–Trinajstić information content (AvgIpc) is 2.45. The Balaban J connectivity index is 2.12. The Morgan fingerprint density at radius 3 is 2.72 bits per heavy atom. The van der Waals surface area contributed by atoms with Gasteiger partial charge in [0.05, 0.1) is 7.11 Å². The maximum absolute atomic E-state index is 5.77. The number of hydrogen-bond donors (Lipinski definition) is 0. The van der Waals surface area contributed by atoms with Gasteiger partial charge >= 0.3 is 0 Å². The summed E-state index contributed by atoms with van der Waals surface area (Å²) < 4.78 is 11.0. The molecule has 0 radical (unpaired) electrons. The Hall–Kier alpha value is -1.55. The zero-order chi connectivity index (χ0) is 12.8. The SMILES string of the molecule is COc1ccc(CBr)cc1OCc1cccnc1. The highest BCUT2D eigenvalue weighted by Crippen LogP contribution is 2.29. The van der Waals surface area contributed by atoms with E-state index in [0.29, 0.717) is 6.61 Å². The van der Waals surface area contributed by atoms with Crippen molar-refractivity contribution in [2.24, 2.45) is 0 Å². The largest absolute Gasteiger partial charge is 0.493 e. The highest BCUT2D eigenvalue weighted by molar-refractivity contribution is 9.08. The van der Waals surface area contributed by atoms with Crippen molar-refractivity contribution in [2.45, 2.75) is 11.9 Å². The number of ether oxygens (including phenoxy) is 2. The van der Waals surface area contributed by atoms with Crippen LogP contribution in [0.1, 0.15) is 11.1 Å². The summed E-state index contributed by atoms with van der Waals surface area (Å²) in [4.78, 5) is 4.05. The molecule has 2 aromatic rings. The van der Waals surface area contributed by atoms with E-state index in [1.807, 2.05) is 30.3 Å². The summed E-state index contributed by atoms with van der Waals surface area (Å²) in [5.74, 6) is 1.49. The summed E-state index contributed by atoms with van der Waals surface area (Å²) in [6.45, 7) is 0.482. The van der Waals surface area contributed by atoms with Crippen molar-refractivity contribution in [3.05, 3.63) is 53.9 Å². The van der Waals surface area contributed by atoms with Crippen LogP contribution in [-0.2, 0) is 11.9 Å². The van der Waals surface area contributed by atoms with Gasteiger partial charge in [0, 0.05) is 23.3 Å². The second kappa shape index (κ2) is 6.40. The van der Waals surface area contributed by atoms with Crippen LogP contribution in [0.3, 0.4) is 0 Å². The van der Waals surface area contributed by atoms with Crippen LogP contribution < -0.4 is 9.47 Å². The molecule has 0 amide bonds. The molecule has 2 rings (SSSR count). The first-order chi connectivity index (χ1) is 8.83. The number of aromatic nitrogens is 1. The molecular weight excluding hydrogens is 294 g/mol. The quantitative estimate of drug-likeness (QED) is 0.791. The summed E-state index contributed by atoms with van der Waals surface area (Å²) >= 11 is 3.43. The van der Waals surface area contributed by atoms with Gasteiger partial charge in [0.15, 0.2) is 11.5 Å². The lowest BCUT2D eigenvalue weighted by Gasteiger charge is -2.11. The third-order valence-electron chi connectivity index (χ3n) is 2.50. The molecule has 0 aliphatic heterocycles. The van der Waals surface area contributed by atoms with Gasteiger partial charge in [-0.05, 0) is 23.8 Å². The Morgan fingerprint density at radius 2 is 2.06 bits per heavy atom. The van der Waals surface area contributed by atoms with Gasteiger partial charge in [-0.3, -0.25) is 4.98 Å². The molecule has 0 aliphatic rings. The van der Waals surface area contributed by atoms with Crippen molar-refractivity contribution in [2.75, 3.05) is 7.11 Å². The van der Waals surface area contributed by atoms with E-state index < -0.39 is 0 Å². The second-order valence-electron chi connectivity index (χ2n) is 3.77. The number of pyridine rings is 1. The molecule has 1 heterocycles. The lowest BCUT2D eigenvalue weighted by molar-refractivity contribution is 0.284. The summed E-state index contributed by atoms with van der Waals surface area (Å²) in [5, 5.41) is 0.792. The van der Waals surface area contributed by atoms with E-state index in [0.717, 1.165) is 28.0 Å².